The fraction of sp³-hybridized carbons (Fsp3) is 0.143. The zero-order valence-electron chi connectivity index (χ0n) is 29.2. The fourth-order valence-corrected chi connectivity index (χ4v) is 9.21. The lowest BCUT2D eigenvalue weighted by Crippen LogP contribution is -2.27. The fourth-order valence-electron chi connectivity index (χ4n) is 9.21. The van der Waals surface area contributed by atoms with Crippen molar-refractivity contribution in [3.63, 3.8) is 0 Å². The van der Waals surface area contributed by atoms with Crippen LogP contribution in [0.1, 0.15) is 52.8 Å². The summed E-state index contributed by atoms with van der Waals surface area (Å²) in [7, 11) is 1.72. The first kappa shape index (κ1) is 30.4. The number of benzene rings is 7. The molecule has 9 rings (SSSR count). The molecular formula is C49H40O. The van der Waals surface area contributed by atoms with E-state index in [-0.39, 0.29) is 0 Å². The molecule has 0 fully saturated rings. The van der Waals surface area contributed by atoms with Gasteiger partial charge in [0.15, 0.2) is 0 Å². The van der Waals surface area contributed by atoms with E-state index in [0.717, 1.165) is 18.6 Å². The standard InChI is InChI=1S/C49H40O/c1-5-37-38(6-2)46(35-21-19-31(3)20-22-35)48-47(45(37)34-25-23-32(24-26-34)33-27-29-36(50-4)30-28-33)41-15-9-12-18-44(41)49(48)42-16-10-7-13-39(42)40-14-8-11-17-43(40)49/h7-30H,5-6H2,1-4H3. The number of aryl methyl sites for hydroxylation is 1. The molecular weight excluding hydrogens is 605 g/mol. The van der Waals surface area contributed by atoms with E-state index in [1.165, 1.54) is 94.6 Å². The number of methoxy groups -OCH3 is 1. The zero-order valence-corrected chi connectivity index (χ0v) is 29.2. The second-order valence-corrected chi connectivity index (χ2v) is 13.7. The van der Waals surface area contributed by atoms with Crippen LogP contribution in [-0.2, 0) is 18.3 Å². The summed E-state index contributed by atoms with van der Waals surface area (Å²) in [6.45, 7) is 6.87. The Morgan fingerprint density at radius 1 is 0.440 bits per heavy atom. The molecule has 1 heteroatoms. The second kappa shape index (κ2) is 11.7. The zero-order chi connectivity index (χ0) is 34.0. The smallest absolute Gasteiger partial charge is 0.118 e. The largest absolute Gasteiger partial charge is 0.497 e. The van der Waals surface area contributed by atoms with Crippen molar-refractivity contribution in [2.24, 2.45) is 0 Å². The van der Waals surface area contributed by atoms with Gasteiger partial charge in [-0.1, -0.05) is 153 Å². The van der Waals surface area contributed by atoms with Gasteiger partial charge in [-0.05, 0) is 121 Å². The van der Waals surface area contributed by atoms with Crippen molar-refractivity contribution in [3.05, 3.63) is 185 Å². The van der Waals surface area contributed by atoms with Crippen molar-refractivity contribution < 1.29 is 4.74 Å². The molecule has 0 bridgehead atoms. The lowest BCUT2D eigenvalue weighted by atomic mass is 9.66. The molecule has 7 aromatic carbocycles. The Balaban J connectivity index is 1.43. The first-order valence-corrected chi connectivity index (χ1v) is 17.9. The van der Waals surface area contributed by atoms with E-state index in [1.54, 1.807) is 7.11 Å². The average Bonchev–Trinajstić information content (AvgIpc) is 3.65. The van der Waals surface area contributed by atoms with Gasteiger partial charge in [-0.25, -0.2) is 0 Å². The Kier molecular flexibility index (Phi) is 7.14. The minimum atomic E-state index is -0.437. The molecule has 0 N–H and O–H groups in total. The molecule has 7 aromatic rings. The molecule has 1 nitrogen and oxygen atoms in total. The van der Waals surface area contributed by atoms with Gasteiger partial charge < -0.3 is 4.74 Å². The van der Waals surface area contributed by atoms with E-state index < -0.39 is 5.41 Å². The van der Waals surface area contributed by atoms with Crippen LogP contribution >= 0.6 is 0 Å². The normalized spacial score (nSPS) is 13.1. The topological polar surface area (TPSA) is 9.23 Å². The van der Waals surface area contributed by atoms with E-state index in [1.807, 2.05) is 12.1 Å². The van der Waals surface area contributed by atoms with Crippen molar-refractivity contribution >= 4 is 0 Å². The monoisotopic (exact) mass is 644 g/mol. The SMILES string of the molecule is CCc1c(CC)c(-c2ccc(C)cc2)c2c(c1-c1ccc(-c3ccc(OC)cc3)cc1)-c1ccccc1C21c2ccccc2-c2ccccc21. The Hall–Kier alpha value is -5.66. The van der Waals surface area contributed by atoms with E-state index in [0.29, 0.717) is 0 Å². The summed E-state index contributed by atoms with van der Waals surface area (Å²) in [6, 6.07) is 54.5. The molecule has 0 heterocycles. The lowest BCUT2D eigenvalue weighted by molar-refractivity contribution is 0.415. The first-order chi connectivity index (χ1) is 24.6. The van der Waals surface area contributed by atoms with Crippen LogP contribution in [0.3, 0.4) is 0 Å². The third kappa shape index (κ3) is 4.19. The molecule has 1 spiro atoms. The summed E-state index contributed by atoms with van der Waals surface area (Å²) in [5, 5.41) is 0. The summed E-state index contributed by atoms with van der Waals surface area (Å²) in [5.74, 6) is 0.872. The van der Waals surface area contributed by atoms with Crippen LogP contribution < -0.4 is 4.74 Å². The van der Waals surface area contributed by atoms with Gasteiger partial charge in [-0.15, -0.1) is 0 Å². The van der Waals surface area contributed by atoms with Gasteiger partial charge in [0.1, 0.15) is 5.75 Å². The van der Waals surface area contributed by atoms with Gasteiger partial charge in [-0.3, -0.25) is 0 Å². The highest BCUT2D eigenvalue weighted by atomic mass is 16.5. The Morgan fingerprint density at radius 2 is 0.860 bits per heavy atom. The van der Waals surface area contributed by atoms with Crippen LogP contribution in [0.15, 0.2) is 146 Å². The highest BCUT2D eigenvalue weighted by molar-refractivity contribution is 6.05. The van der Waals surface area contributed by atoms with Crippen LogP contribution in [0, 0.1) is 6.92 Å². The minimum Gasteiger partial charge on any atom is -0.497 e. The van der Waals surface area contributed by atoms with E-state index in [4.69, 9.17) is 4.74 Å². The number of hydrogen-bond acceptors (Lipinski definition) is 1. The molecule has 0 unspecified atom stereocenters. The highest BCUT2D eigenvalue weighted by Crippen LogP contribution is 2.66. The molecule has 242 valence electrons. The van der Waals surface area contributed by atoms with Crippen LogP contribution in [0.5, 0.6) is 5.75 Å². The number of hydrogen-bond donors (Lipinski definition) is 0. The summed E-state index contributed by atoms with van der Waals surface area (Å²) in [5.41, 5.74) is 22.5. The number of rotatable bonds is 6. The average molecular weight is 645 g/mol. The molecule has 0 aromatic heterocycles. The Bertz CT molecular complexity index is 2360. The molecule has 0 saturated carbocycles. The number of fused-ring (bicyclic) bond motifs is 10. The molecule has 2 aliphatic carbocycles. The third-order valence-corrected chi connectivity index (χ3v) is 11.3. The first-order valence-electron chi connectivity index (χ1n) is 17.9. The summed E-state index contributed by atoms with van der Waals surface area (Å²) in [4.78, 5) is 0. The molecule has 2 aliphatic rings. The maximum atomic E-state index is 5.43. The Morgan fingerprint density at radius 3 is 1.40 bits per heavy atom. The van der Waals surface area contributed by atoms with Crippen molar-refractivity contribution in [2.75, 3.05) is 7.11 Å². The molecule has 0 atom stereocenters. The second-order valence-electron chi connectivity index (χ2n) is 13.7. The van der Waals surface area contributed by atoms with Gasteiger partial charge in [0.2, 0.25) is 0 Å². The quantitative estimate of drug-likeness (QED) is 0.175. The molecule has 0 aliphatic heterocycles. The van der Waals surface area contributed by atoms with Gasteiger partial charge in [0, 0.05) is 0 Å². The maximum Gasteiger partial charge on any atom is 0.118 e. The molecule has 0 saturated heterocycles. The Labute approximate surface area is 295 Å². The van der Waals surface area contributed by atoms with Crippen molar-refractivity contribution in [2.45, 2.75) is 39.0 Å². The van der Waals surface area contributed by atoms with Crippen LogP contribution in [-0.4, -0.2) is 7.11 Å². The maximum absolute atomic E-state index is 5.43. The summed E-state index contributed by atoms with van der Waals surface area (Å²) in [6.07, 6.45) is 1.90. The van der Waals surface area contributed by atoms with E-state index in [9.17, 15) is 0 Å². The highest BCUT2D eigenvalue weighted by Gasteiger charge is 2.54. The van der Waals surface area contributed by atoms with Gasteiger partial charge in [0.25, 0.3) is 0 Å². The van der Waals surface area contributed by atoms with Crippen molar-refractivity contribution in [3.8, 4) is 61.4 Å². The third-order valence-electron chi connectivity index (χ3n) is 11.3. The lowest BCUT2D eigenvalue weighted by Gasteiger charge is -2.34. The van der Waals surface area contributed by atoms with Crippen LogP contribution in [0.4, 0.5) is 0 Å². The van der Waals surface area contributed by atoms with Gasteiger partial charge in [-0.2, -0.15) is 0 Å². The predicted octanol–water partition coefficient (Wildman–Crippen LogP) is 12.5. The molecule has 0 radical (unpaired) electrons. The van der Waals surface area contributed by atoms with E-state index in [2.05, 4.69) is 154 Å². The molecule has 50 heavy (non-hydrogen) atoms. The summed E-state index contributed by atoms with van der Waals surface area (Å²) >= 11 is 0. The molecule has 0 amide bonds. The van der Waals surface area contributed by atoms with Gasteiger partial charge in [0.05, 0.1) is 12.5 Å². The van der Waals surface area contributed by atoms with Gasteiger partial charge >= 0.3 is 0 Å². The van der Waals surface area contributed by atoms with Crippen molar-refractivity contribution in [1.29, 1.82) is 0 Å². The predicted molar refractivity (Wildman–Crippen MR) is 209 cm³/mol. The van der Waals surface area contributed by atoms with E-state index >= 15 is 0 Å². The van der Waals surface area contributed by atoms with Crippen molar-refractivity contribution in [1.82, 2.24) is 0 Å². The minimum absolute atomic E-state index is 0.437. The number of ether oxygens (including phenoxy) is 1. The summed E-state index contributed by atoms with van der Waals surface area (Å²) < 4.78 is 5.43. The van der Waals surface area contributed by atoms with Crippen LogP contribution in [0.2, 0.25) is 0 Å². The van der Waals surface area contributed by atoms with Crippen LogP contribution in [0.25, 0.3) is 55.6 Å².